The van der Waals surface area contributed by atoms with Crippen molar-refractivity contribution in [2.24, 2.45) is 0 Å². The van der Waals surface area contributed by atoms with Crippen molar-refractivity contribution in [3.8, 4) is 0 Å². The standard InChI is InChI=1S/C13H18N2O3/c1-8-6-4-5-7-11(8)9(2)14-13(18)15-10(3)12(16)17/h4-7,9-10H,1-3H3,(H,16,17)(H2,14,15,18)/t9?,10-/m0/s1. The lowest BCUT2D eigenvalue weighted by Crippen LogP contribution is -2.45. The molecule has 0 bridgehead atoms. The topological polar surface area (TPSA) is 78.4 Å². The lowest BCUT2D eigenvalue weighted by atomic mass is 10.0. The van der Waals surface area contributed by atoms with Crippen LogP contribution in [0.1, 0.15) is 31.0 Å². The van der Waals surface area contributed by atoms with E-state index in [1.165, 1.54) is 6.92 Å². The molecule has 2 atom stereocenters. The molecule has 1 aromatic rings. The van der Waals surface area contributed by atoms with Crippen LogP contribution in [0.25, 0.3) is 0 Å². The lowest BCUT2D eigenvalue weighted by Gasteiger charge is -2.18. The number of nitrogens with one attached hydrogen (secondary N) is 2. The molecule has 0 fully saturated rings. The van der Waals surface area contributed by atoms with Gasteiger partial charge in [0.05, 0.1) is 6.04 Å². The summed E-state index contributed by atoms with van der Waals surface area (Å²) in [5, 5.41) is 13.7. The number of urea groups is 1. The van der Waals surface area contributed by atoms with Gasteiger partial charge in [0.25, 0.3) is 0 Å². The zero-order valence-electron chi connectivity index (χ0n) is 10.7. The Balaban J connectivity index is 2.60. The van der Waals surface area contributed by atoms with Gasteiger partial charge in [-0.25, -0.2) is 4.79 Å². The molecule has 0 aromatic heterocycles. The van der Waals surface area contributed by atoms with Crippen molar-refractivity contribution in [1.82, 2.24) is 10.6 Å². The second-order valence-corrected chi connectivity index (χ2v) is 4.26. The van der Waals surface area contributed by atoms with Crippen LogP contribution in [0.2, 0.25) is 0 Å². The summed E-state index contributed by atoms with van der Waals surface area (Å²) in [5.74, 6) is -1.06. The van der Waals surface area contributed by atoms with Gasteiger partial charge in [0.1, 0.15) is 6.04 Å². The highest BCUT2D eigenvalue weighted by molar-refractivity contribution is 5.82. The van der Waals surface area contributed by atoms with Crippen LogP contribution in [0.4, 0.5) is 4.79 Å². The molecule has 5 nitrogen and oxygen atoms in total. The third-order valence-electron chi connectivity index (χ3n) is 2.72. The highest BCUT2D eigenvalue weighted by atomic mass is 16.4. The summed E-state index contributed by atoms with van der Waals surface area (Å²) in [5.41, 5.74) is 2.09. The van der Waals surface area contributed by atoms with Crippen LogP contribution in [0.5, 0.6) is 0 Å². The van der Waals surface area contributed by atoms with Crippen LogP contribution < -0.4 is 10.6 Å². The van der Waals surface area contributed by atoms with Crippen LogP contribution in [-0.4, -0.2) is 23.1 Å². The summed E-state index contributed by atoms with van der Waals surface area (Å²) < 4.78 is 0. The fourth-order valence-corrected chi connectivity index (χ4v) is 1.65. The molecule has 0 aliphatic carbocycles. The molecule has 0 spiro atoms. The van der Waals surface area contributed by atoms with Crippen molar-refractivity contribution in [1.29, 1.82) is 0 Å². The third-order valence-corrected chi connectivity index (χ3v) is 2.72. The molecule has 0 aliphatic heterocycles. The first kappa shape index (κ1) is 14.0. The predicted molar refractivity (Wildman–Crippen MR) is 68.4 cm³/mol. The Bertz CT molecular complexity index is 446. The van der Waals surface area contributed by atoms with Crippen molar-refractivity contribution in [2.75, 3.05) is 0 Å². The molecule has 1 rings (SSSR count). The molecule has 1 aromatic carbocycles. The van der Waals surface area contributed by atoms with Gasteiger partial charge in [-0.05, 0) is 31.9 Å². The van der Waals surface area contributed by atoms with E-state index in [4.69, 9.17) is 5.11 Å². The number of hydrogen-bond donors (Lipinski definition) is 3. The van der Waals surface area contributed by atoms with Gasteiger partial charge in [-0.1, -0.05) is 24.3 Å². The molecule has 0 heterocycles. The number of carbonyl (C=O) groups is 2. The SMILES string of the molecule is Cc1ccccc1C(C)NC(=O)N[C@@H](C)C(=O)O. The maximum Gasteiger partial charge on any atom is 0.325 e. The summed E-state index contributed by atoms with van der Waals surface area (Å²) in [7, 11) is 0. The minimum atomic E-state index is -1.06. The Morgan fingerprint density at radius 1 is 1.17 bits per heavy atom. The van der Waals surface area contributed by atoms with Crippen molar-refractivity contribution in [3.05, 3.63) is 35.4 Å². The van der Waals surface area contributed by atoms with Gasteiger partial charge in [-0.15, -0.1) is 0 Å². The second-order valence-electron chi connectivity index (χ2n) is 4.26. The molecule has 98 valence electrons. The van der Waals surface area contributed by atoms with E-state index < -0.39 is 18.0 Å². The molecular weight excluding hydrogens is 232 g/mol. The summed E-state index contributed by atoms with van der Waals surface area (Å²) in [4.78, 5) is 22.2. The third kappa shape index (κ3) is 3.76. The fraction of sp³-hybridized carbons (Fsp3) is 0.385. The minimum Gasteiger partial charge on any atom is -0.480 e. The molecule has 0 radical (unpaired) electrons. The second kappa shape index (κ2) is 6.05. The highest BCUT2D eigenvalue weighted by Gasteiger charge is 2.16. The number of carbonyl (C=O) groups excluding carboxylic acids is 1. The van der Waals surface area contributed by atoms with E-state index >= 15 is 0 Å². The van der Waals surface area contributed by atoms with E-state index in [9.17, 15) is 9.59 Å². The van der Waals surface area contributed by atoms with E-state index in [-0.39, 0.29) is 6.04 Å². The normalized spacial score (nSPS) is 13.5. The Hall–Kier alpha value is -2.04. The quantitative estimate of drug-likeness (QED) is 0.762. The first-order chi connectivity index (χ1) is 8.41. The molecule has 0 saturated heterocycles. The predicted octanol–water partition coefficient (Wildman–Crippen LogP) is 1.83. The van der Waals surface area contributed by atoms with E-state index in [0.29, 0.717) is 0 Å². The fourth-order valence-electron chi connectivity index (χ4n) is 1.65. The number of amides is 2. The first-order valence-corrected chi connectivity index (χ1v) is 5.77. The number of hydrogen-bond acceptors (Lipinski definition) is 2. The number of rotatable bonds is 4. The van der Waals surface area contributed by atoms with Gasteiger partial charge in [-0.3, -0.25) is 4.79 Å². The number of carboxylic acid groups (broad SMARTS) is 1. The van der Waals surface area contributed by atoms with E-state index in [2.05, 4.69) is 10.6 Å². The lowest BCUT2D eigenvalue weighted by molar-refractivity contribution is -0.138. The number of aliphatic carboxylic acids is 1. The molecule has 1 unspecified atom stereocenters. The van der Waals surface area contributed by atoms with Crippen molar-refractivity contribution in [3.63, 3.8) is 0 Å². The Kier molecular flexibility index (Phi) is 4.71. The maximum absolute atomic E-state index is 11.6. The van der Waals surface area contributed by atoms with Gasteiger partial charge in [0, 0.05) is 0 Å². The number of aryl methyl sites for hydroxylation is 1. The zero-order valence-corrected chi connectivity index (χ0v) is 10.7. The Labute approximate surface area is 106 Å². The van der Waals surface area contributed by atoms with E-state index in [0.717, 1.165) is 11.1 Å². The molecular formula is C13H18N2O3. The van der Waals surface area contributed by atoms with Gasteiger partial charge >= 0.3 is 12.0 Å². The highest BCUT2D eigenvalue weighted by Crippen LogP contribution is 2.16. The number of benzene rings is 1. The van der Waals surface area contributed by atoms with Gasteiger partial charge in [0.15, 0.2) is 0 Å². The summed E-state index contributed by atoms with van der Waals surface area (Å²) in [6.45, 7) is 5.24. The van der Waals surface area contributed by atoms with E-state index in [1.54, 1.807) is 0 Å². The number of carboxylic acids is 1. The Morgan fingerprint density at radius 2 is 1.78 bits per heavy atom. The molecule has 0 saturated carbocycles. The first-order valence-electron chi connectivity index (χ1n) is 5.77. The van der Waals surface area contributed by atoms with Gasteiger partial charge in [-0.2, -0.15) is 0 Å². The van der Waals surface area contributed by atoms with Crippen LogP contribution in [0.15, 0.2) is 24.3 Å². The average Bonchev–Trinajstić information content (AvgIpc) is 2.28. The van der Waals surface area contributed by atoms with Crippen molar-refractivity contribution >= 4 is 12.0 Å². The minimum absolute atomic E-state index is 0.174. The zero-order chi connectivity index (χ0) is 13.7. The van der Waals surface area contributed by atoms with Crippen LogP contribution in [0, 0.1) is 6.92 Å². The van der Waals surface area contributed by atoms with Crippen LogP contribution in [0.3, 0.4) is 0 Å². The Morgan fingerprint density at radius 3 is 2.33 bits per heavy atom. The molecule has 3 N–H and O–H groups in total. The smallest absolute Gasteiger partial charge is 0.325 e. The molecule has 5 heteroatoms. The largest absolute Gasteiger partial charge is 0.480 e. The maximum atomic E-state index is 11.6. The summed E-state index contributed by atoms with van der Waals surface area (Å²) in [6, 6.07) is 6.16. The monoisotopic (exact) mass is 250 g/mol. The molecule has 18 heavy (non-hydrogen) atoms. The summed E-state index contributed by atoms with van der Waals surface area (Å²) >= 11 is 0. The average molecular weight is 250 g/mol. The van der Waals surface area contributed by atoms with Crippen LogP contribution in [-0.2, 0) is 4.79 Å². The van der Waals surface area contributed by atoms with Crippen LogP contribution >= 0.6 is 0 Å². The van der Waals surface area contributed by atoms with Gasteiger partial charge in [0.2, 0.25) is 0 Å². The molecule has 2 amide bonds. The van der Waals surface area contributed by atoms with Gasteiger partial charge < -0.3 is 15.7 Å². The van der Waals surface area contributed by atoms with Crippen molar-refractivity contribution < 1.29 is 14.7 Å². The summed E-state index contributed by atoms with van der Waals surface area (Å²) in [6.07, 6.45) is 0. The van der Waals surface area contributed by atoms with E-state index in [1.807, 2.05) is 38.1 Å². The van der Waals surface area contributed by atoms with Crippen molar-refractivity contribution in [2.45, 2.75) is 32.9 Å². The molecule has 0 aliphatic rings.